The number of benzene rings is 2. The first-order chi connectivity index (χ1) is 18.9. The van der Waals surface area contributed by atoms with E-state index in [1.807, 2.05) is 49.4 Å². The van der Waals surface area contributed by atoms with Gasteiger partial charge in [-0.05, 0) is 65.7 Å². The van der Waals surface area contributed by atoms with Gasteiger partial charge in [-0.25, -0.2) is 9.78 Å². The molecule has 2 aromatic heterocycles. The van der Waals surface area contributed by atoms with Crippen LogP contribution in [0.4, 0.5) is 10.5 Å². The highest BCUT2D eigenvalue weighted by atomic mass is 79.9. The monoisotopic (exact) mass is 591 g/mol. The van der Waals surface area contributed by atoms with Gasteiger partial charge in [-0.1, -0.05) is 30.3 Å². The van der Waals surface area contributed by atoms with Crippen molar-refractivity contribution in [3.63, 3.8) is 0 Å². The number of methoxy groups -OCH3 is 1. The zero-order valence-electron chi connectivity index (χ0n) is 21.8. The molecule has 0 aliphatic rings. The van der Waals surface area contributed by atoms with Gasteiger partial charge >= 0.3 is 12.0 Å². The van der Waals surface area contributed by atoms with Gasteiger partial charge in [0.05, 0.1) is 29.7 Å². The number of para-hydroxylation sites is 2. The summed E-state index contributed by atoms with van der Waals surface area (Å²) in [5, 5.41) is 3.45. The molecule has 0 saturated heterocycles. The van der Waals surface area contributed by atoms with Gasteiger partial charge in [-0.15, -0.1) is 0 Å². The van der Waals surface area contributed by atoms with E-state index in [9.17, 15) is 14.4 Å². The molecule has 1 unspecified atom stereocenters. The molecule has 0 aliphatic heterocycles. The van der Waals surface area contributed by atoms with E-state index >= 15 is 0 Å². The molecule has 2 aromatic carbocycles. The summed E-state index contributed by atoms with van der Waals surface area (Å²) in [7, 11) is 1.34. The summed E-state index contributed by atoms with van der Waals surface area (Å²) in [5.41, 5.74) is 1.79. The third kappa shape index (κ3) is 6.88. The third-order valence-electron chi connectivity index (χ3n) is 6.43. The molecule has 1 atom stereocenters. The van der Waals surface area contributed by atoms with Crippen LogP contribution < -0.4 is 10.9 Å². The Morgan fingerprint density at radius 2 is 1.82 bits per heavy atom. The number of ether oxygens (including phenoxy) is 1. The first kappa shape index (κ1) is 28.0. The number of pyridine rings is 1. The van der Waals surface area contributed by atoms with E-state index in [2.05, 4.69) is 26.2 Å². The van der Waals surface area contributed by atoms with Crippen molar-refractivity contribution < 1.29 is 14.3 Å². The van der Waals surface area contributed by atoms with Crippen molar-refractivity contribution in [1.82, 2.24) is 19.4 Å². The number of hydrogen-bond acceptors (Lipinski definition) is 6. The number of urea groups is 1. The van der Waals surface area contributed by atoms with Crippen LogP contribution in [0.3, 0.4) is 0 Å². The van der Waals surface area contributed by atoms with Gasteiger partial charge in [0.25, 0.3) is 5.56 Å². The molecule has 39 heavy (non-hydrogen) atoms. The van der Waals surface area contributed by atoms with Gasteiger partial charge < -0.3 is 15.0 Å². The summed E-state index contributed by atoms with van der Waals surface area (Å²) < 4.78 is 7.08. The molecule has 0 fully saturated rings. The number of nitrogens with one attached hydrogen (secondary N) is 1. The number of halogens is 1. The molecule has 0 aliphatic carbocycles. The molecule has 9 nitrogen and oxygen atoms in total. The summed E-state index contributed by atoms with van der Waals surface area (Å²) in [4.78, 5) is 49.9. The molecule has 1 N–H and O–H groups in total. The van der Waals surface area contributed by atoms with Crippen molar-refractivity contribution in [2.45, 2.75) is 38.8 Å². The van der Waals surface area contributed by atoms with E-state index in [1.54, 1.807) is 39.9 Å². The van der Waals surface area contributed by atoms with Crippen LogP contribution in [0.1, 0.15) is 37.3 Å². The zero-order chi connectivity index (χ0) is 27.8. The Balaban J connectivity index is 1.72. The fourth-order valence-electron chi connectivity index (χ4n) is 4.34. The number of nitrogens with zero attached hydrogens (tertiary/aromatic N) is 4. The molecule has 202 valence electrons. The molecule has 0 spiro atoms. The highest BCUT2D eigenvalue weighted by Gasteiger charge is 2.27. The predicted octanol–water partition coefficient (Wildman–Crippen LogP) is 5.35. The van der Waals surface area contributed by atoms with Crippen molar-refractivity contribution >= 4 is 44.5 Å². The minimum absolute atomic E-state index is 0.162. The Hall–Kier alpha value is -4.05. The number of anilines is 1. The summed E-state index contributed by atoms with van der Waals surface area (Å²) in [5.74, 6) is 0.0862. The minimum atomic E-state index is -0.577. The molecular weight excluding hydrogens is 562 g/mol. The second-order valence-corrected chi connectivity index (χ2v) is 9.83. The van der Waals surface area contributed by atoms with Crippen LogP contribution in [0.5, 0.6) is 0 Å². The van der Waals surface area contributed by atoms with Crippen molar-refractivity contribution in [3.8, 4) is 0 Å². The second-order valence-electron chi connectivity index (χ2n) is 8.97. The largest absolute Gasteiger partial charge is 0.469 e. The van der Waals surface area contributed by atoms with Crippen molar-refractivity contribution in [2.24, 2.45) is 0 Å². The number of fused-ring (bicyclic) bond motifs is 1. The van der Waals surface area contributed by atoms with Crippen LogP contribution in [0.15, 0.2) is 82.2 Å². The first-order valence-electron chi connectivity index (χ1n) is 12.7. The van der Waals surface area contributed by atoms with Crippen molar-refractivity contribution in [3.05, 3.63) is 99.3 Å². The van der Waals surface area contributed by atoms with Gasteiger partial charge in [0.1, 0.15) is 5.82 Å². The average molecular weight is 592 g/mol. The maximum absolute atomic E-state index is 13.7. The molecule has 4 rings (SSSR count). The minimum Gasteiger partial charge on any atom is -0.469 e. The number of esters is 1. The number of aromatic nitrogens is 3. The third-order valence-corrected chi connectivity index (χ3v) is 7.13. The molecule has 10 heteroatoms. The van der Waals surface area contributed by atoms with Crippen LogP contribution >= 0.6 is 15.9 Å². The van der Waals surface area contributed by atoms with Crippen LogP contribution in [0.2, 0.25) is 0 Å². The van der Waals surface area contributed by atoms with Crippen LogP contribution in [-0.2, 0) is 22.5 Å². The highest BCUT2D eigenvalue weighted by molar-refractivity contribution is 9.10. The maximum Gasteiger partial charge on any atom is 0.322 e. The highest BCUT2D eigenvalue weighted by Crippen LogP contribution is 2.25. The standard InChI is InChI=1S/C29H30BrN5O4/c1-20(27-32-24-13-5-3-11-22(24)28(37)35(27)18-9-15-26(36)39-2)34(19-16-21-10-7-8-17-31-21)29(38)33-25-14-6-4-12-23(25)30/h3-8,10-14,17,20H,9,15-16,18-19H2,1-2H3,(H,33,38). The predicted molar refractivity (Wildman–Crippen MR) is 153 cm³/mol. The second kappa shape index (κ2) is 13.1. The molecule has 4 aromatic rings. The molecule has 2 heterocycles. The molecule has 0 saturated carbocycles. The van der Waals surface area contributed by atoms with E-state index in [1.165, 1.54) is 7.11 Å². The number of hydrogen-bond donors (Lipinski definition) is 1. The van der Waals surface area contributed by atoms with Crippen LogP contribution in [0, 0.1) is 0 Å². The molecular formula is C29H30BrN5O4. The maximum atomic E-state index is 13.7. The van der Waals surface area contributed by atoms with E-state index in [0.717, 1.165) is 10.2 Å². The van der Waals surface area contributed by atoms with Crippen molar-refractivity contribution in [1.29, 1.82) is 0 Å². The van der Waals surface area contributed by atoms with E-state index in [-0.39, 0.29) is 30.5 Å². The van der Waals surface area contributed by atoms with Gasteiger partial charge in [0.15, 0.2) is 0 Å². The molecule has 2 amide bonds. The van der Waals surface area contributed by atoms with E-state index in [4.69, 9.17) is 9.72 Å². The van der Waals surface area contributed by atoms with E-state index < -0.39 is 6.04 Å². The fraction of sp³-hybridized carbons (Fsp3) is 0.276. The topological polar surface area (TPSA) is 106 Å². The Labute approximate surface area is 235 Å². The lowest BCUT2D eigenvalue weighted by Gasteiger charge is -2.31. The Bertz CT molecular complexity index is 1510. The molecule has 0 radical (unpaired) electrons. The Kier molecular flexibility index (Phi) is 9.43. The Morgan fingerprint density at radius 1 is 1.08 bits per heavy atom. The summed E-state index contributed by atoms with van der Waals surface area (Å²) in [6.45, 7) is 2.44. The SMILES string of the molecule is COC(=O)CCCn1c(C(C)N(CCc2ccccn2)C(=O)Nc2ccccc2Br)nc2ccccc2c1=O. The smallest absolute Gasteiger partial charge is 0.322 e. The summed E-state index contributed by atoms with van der Waals surface area (Å²) in [6, 6.07) is 19.2. The number of amides is 2. The number of carbonyl (C=O) groups excluding carboxylic acids is 2. The van der Waals surface area contributed by atoms with Crippen LogP contribution in [-0.4, -0.2) is 45.1 Å². The van der Waals surface area contributed by atoms with E-state index in [0.29, 0.717) is 41.8 Å². The van der Waals surface area contributed by atoms with Crippen molar-refractivity contribution in [2.75, 3.05) is 19.0 Å². The lowest BCUT2D eigenvalue weighted by Crippen LogP contribution is -2.41. The summed E-state index contributed by atoms with van der Waals surface area (Å²) in [6.07, 6.45) is 2.78. The zero-order valence-corrected chi connectivity index (χ0v) is 23.4. The number of rotatable bonds is 10. The van der Waals surface area contributed by atoms with Gasteiger partial charge in [-0.3, -0.25) is 19.1 Å². The Morgan fingerprint density at radius 3 is 2.56 bits per heavy atom. The van der Waals surface area contributed by atoms with Gasteiger partial charge in [0.2, 0.25) is 0 Å². The average Bonchev–Trinajstić information content (AvgIpc) is 2.95. The van der Waals surface area contributed by atoms with Gasteiger partial charge in [0, 0.05) is 42.3 Å². The van der Waals surface area contributed by atoms with Gasteiger partial charge in [-0.2, -0.15) is 0 Å². The fourth-order valence-corrected chi connectivity index (χ4v) is 4.73. The normalized spacial score (nSPS) is 11.7. The summed E-state index contributed by atoms with van der Waals surface area (Å²) >= 11 is 3.49. The quantitative estimate of drug-likeness (QED) is 0.249. The lowest BCUT2D eigenvalue weighted by molar-refractivity contribution is -0.140. The first-order valence-corrected chi connectivity index (χ1v) is 13.5. The van der Waals surface area contributed by atoms with Crippen LogP contribution in [0.25, 0.3) is 10.9 Å². The molecule has 0 bridgehead atoms. The lowest BCUT2D eigenvalue weighted by atomic mass is 10.1. The number of carbonyl (C=O) groups is 2.